The summed E-state index contributed by atoms with van der Waals surface area (Å²) >= 11 is 1.68. The monoisotopic (exact) mass is 270 g/mol. The van der Waals surface area contributed by atoms with Gasteiger partial charge in [-0.05, 0) is 43.3 Å². The highest BCUT2D eigenvalue weighted by Gasteiger charge is 2.00. The number of anilines is 1. The van der Waals surface area contributed by atoms with Gasteiger partial charge in [0.15, 0.2) is 0 Å². The average Bonchev–Trinajstić information content (AvgIpc) is 2.41. The smallest absolute Gasteiger partial charge is 0.266 e. The van der Waals surface area contributed by atoms with E-state index in [1.165, 1.54) is 10.5 Å². The van der Waals surface area contributed by atoms with Gasteiger partial charge in [-0.3, -0.25) is 4.79 Å². The molecule has 96 valence electrons. The Balaban J connectivity index is 2.06. The highest BCUT2D eigenvalue weighted by molar-refractivity contribution is 7.99. The van der Waals surface area contributed by atoms with E-state index < -0.39 is 5.91 Å². The Hall–Kier alpha value is -2.07. The largest absolute Gasteiger partial charge is 0.321 e. The van der Waals surface area contributed by atoms with Crippen LogP contribution in [0.2, 0.25) is 0 Å². The number of carbonyl (C=O) groups excluding carboxylic acids is 1. The molecule has 0 fully saturated rings. The van der Waals surface area contributed by atoms with Crippen LogP contribution >= 0.6 is 11.8 Å². The Labute approximate surface area is 116 Å². The van der Waals surface area contributed by atoms with Crippen LogP contribution in [0, 0.1) is 12.3 Å². The molecule has 0 saturated carbocycles. The fourth-order valence-electron chi connectivity index (χ4n) is 1.60. The van der Waals surface area contributed by atoms with E-state index in [9.17, 15) is 4.79 Å². The normalized spacial score (nSPS) is 9.95. The third-order valence-corrected chi connectivity index (χ3v) is 3.48. The molecular weight excluding hydrogens is 256 g/mol. The molecule has 2 N–H and O–H groups in total. The van der Waals surface area contributed by atoms with Gasteiger partial charge in [0.2, 0.25) is 0 Å². The number of hydrogen-bond acceptors (Lipinski definition) is 3. The lowest BCUT2D eigenvalue weighted by Gasteiger charge is -2.05. The van der Waals surface area contributed by atoms with Crippen molar-refractivity contribution in [2.24, 2.45) is 0 Å². The van der Waals surface area contributed by atoms with Crippen LogP contribution in [0.25, 0.3) is 0 Å². The first-order valence-electron chi connectivity index (χ1n) is 5.83. The van der Waals surface area contributed by atoms with Gasteiger partial charge >= 0.3 is 0 Å². The number of hydrogen-bond donors (Lipinski definition) is 2. The molecule has 0 aromatic heterocycles. The van der Waals surface area contributed by atoms with Gasteiger partial charge in [0.1, 0.15) is 0 Å². The molecule has 2 aromatic rings. The van der Waals surface area contributed by atoms with Crippen molar-refractivity contribution in [2.45, 2.75) is 16.7 Å². The van der Waals surface area contributed by atoms with Crippen LogP contribution in [0.5, 0.6) is 0 Å². The third-order valence-electron chi connectivity index (χ3n) is 2.48. The van der Waals surface area contributed by atoms with Gasteiger partial charge in [-0.25, -0.2) is 0 Å². The van der Waals surface area contributed by atoms with Crippen molar-refractivity contribution in [2.75, 3.05) is 5.32 Å². The molecular formula is C15H14N2OS. The van der Waals surface area contributed by atoms with E-state index in [4.69, 9.17) is 5.41 Å². The SMILES string of the molecule is Cc1cccc(Sc2ccc(NC(=O)C=N)cc2)c1. The Kier molecular flexibility index (Phi) is 4.36. The number of aryl methyl sites for hydroxylation is 1. The Morgan fingerprint density at radius 3 is 2.53 bits per heavy atom. The summed E-state index contributed by atoms with van der Waals surface area (Å²) in [5, 5.41) is 9.43. The lowest BCUT2D eigenvalue weighted by Crippen LogP contribution is -2.11. The number of benzene rings is 2. The molecule has 0 bridgehead atoms. The lowest BCUT2D eigenvalue weighted by molar-refractivity contribution is -0.110. The highest BCUT2D eigenvalue weighted by Crippen LogP contribution is 2.28. The zero-order valence-corrected chi connectivity index (χ0v) is 11.3. The average molecular weight is 270 g/mol. The maximum Gasteiger partial charge on any atom is 0.266 e. The quantitative estimate of drug-likeness (QED) is 0.832. The standard InChI is InChI=1S/C15H14N2OS/c1-11-3-2-4-14(9-11)19-13-7-5-12(6-8-13)17-15(18)10-16/h2-10,16H,1H3,(H,17,18). The predicted octanol–water partition coefficient (Wildman–Crippen LogP) is 3.73. The first-order valence-corrected chi connectivity index (χ1v) is 6.65. The van der Waals surface area contributed by atoms with E-state index in [2.05, 4.69) is 30.4 Å². The number of amides is 1. The molecule has 2 rings (SSSR count). The predicted molar refractivity (Wildman–Crippen MR) is 79.2 cm³/mol. The minimum atomic E-state index is -0.418. The van der Waals surface area contributed by atoms with Crippen LogP contribution in [-0.4, -0.2) is 12.1 Å². The molecule has 0 saturated heterocycles. The first kappa shape index (κ1) is 13.4. The molecule has 1 amide bonds. The molecule has 0 spiro atoms. The Morgan fingerprint density at radius 2 is 1.89 bits per heavy atom. The molecule has 0 aliphatic carbocycles. The Morgan fingerprint density at radius 1 is 1.16 bits per heavy atom. The fraction of sp³-hybridized carbons (Fsp3) is 0.0667. The van der Waals surface area contributed by atoms with Crippen molar-refractivity contribution in [3.63, 3.8) is 0 Å². The van der Waals surface area contributed by atoms with E-state index in [1.54, 1.807) is 11.8 Å². The molecule has 4 heteroatoms. The summed E-state index contributed by atoms with van der Waals surface area (Å²) in [6, 6.07) is 15.9. The summed E-state index contributed by atoms with van der Waals surface area (Å²) < 4.78 is 0. The summed E-state index contributed by atoms with van der Waals surface area (Å²) in [4.78, 5) is 13.3. The fourth-order valence-corrected chi connectivity index (χ4v) is 2.54. The summed E-state index contributed by atoms with van der Waals surface area (Å²) in [5.74, 6) is -0.418. The summed E-state index contributed by atoms with van der Waals surface area (Å²) in [6.45, 7) is 2.07. The molecule has 0 unspecified atom stereocenters. The number of nitrogens with one attached hydrogen (secondary N) is 2. The second-order valence-corrected chi connectivity index (χ2v) is 5.22. The molecule has 0 radical (unpaired) electrons. The minimum absolute atomic E-state index is 0.418. The van der Waals surface area contributed by atoms with Crippen LogP contribution in [0.3, 0.4) is 0 Å². The van der Waals surface area contributed by atoms with Crippen molar-refractivity contribution in [3.05, 3.63) is 54.1 Å². The van der Waals surface area contributed by atoms with E-state index in [0.29, 0.717) is 5.69 Å². The van der Waals surface area contributed by atoms with Crippen LogP contribution in [0.1, 0.15) is 5.56 Å². The second kappa shape index (κ2) is 6.20. The summed E-state index contributed by atoms with van der Waals surface area (Å²) in [5.41, 5.74) is 1.93. The minimum Gasteiger partial charge on any atom is -0.321 e. The van der Waals surface area contributed by atoms with Crippen molar-refractivity contribution in [1.29, 1.82) is 5.41 Å². The molecule has 0 heterocycles. The third kappa shape index (κ3) is 3.96. The molecule has 19 heavy (non-hydrogen) atoms. The van der Waals surface area contributed by atoms with E-state index in [0.717, 1.165) is 11.1 Å². The molecule has 0 aliphatic rings. The Bertz CT molecular complexity index is 593. The maximum atomic E-state index is 11.0. The van der Waals surface area contributed by atoms with Gasteiger partial charge < -0.3 is 10.7 Å². The van der Waals surface area contributed by atoms with Crippen LogP contribution < -0.4 is 5.32 Å². The maximum absolute atomic E-state index is 11.0. The second-order valence-electron chi connectivity index (χ2n) is 4.08. The van der Waals surface area contributed by atoms with Crippen molar-refractivity contribution >= 4 is 29.6 Å². The lowest BCUT2D eigenvalue weighted by atomic mass is 10.2. The number of rotatable bonds is 4. The van der Waals surface area contributed by atoms with Crippen molar-refractivity contribution in [1.82, 2.24) is 0 Å². The highest BCUT2D eigenvalue weighted by atomic mass is 32.2. The van der Waals surface area contributed by atoms with E-state index >= 15 is 0 Å². The summed E-state index contributed by atoms with van der Waals surface area (Å²) in [7, 11) is 0. The number of carbonyl (C=O) groups is 1. The van der Waals surface area contributed by atoms with Crippen molar-refractivity contribution in [3.8, 4) is 0 Å². The zero-order chi connectivity index (χ0) is 13.7. The van der Waals surface area contributed by atoms with E-state index in [-0.39, 0.29) is 0 Å². The van der Waals surface area contributed by atoms with Crippen LogP contribution in [-0.2, 0) is 4.79 Å². The molecule has 0 aliphatic heterocycles. The summed E-state index contributed by atoms with van der Waals surface area (Å²) in [6.07, 6.45) is 0.759. The van der Waals surface area contributed by atoms with Gasteiger partial charge in [-0.2, -0.15) is 0 Å². The van der Waals surface area contributed by atoms with Crippen LogP contribution in [0.4, 0.5) is 5.69 Å². The molecule has 3 nitrogen and oxygen atoms in total. The van der Waals surface area contributed by atoms with Crippen molar-refractivity contribution < 1.29 is 4.79 Å². The topological polar surface area (TPSA) is 53.0 Å². The van der Waals surface area contributed by atoms with Crippen LogP contribution in [0.15, 0.2) is 58.3 Å². The molecule has 2 aromatic carbocycles. The van der Waals surface area contributed by atoms with Gasteiger partial charge in [0.05, 0.1) is 6.21 Å². The zero-order valence-electron chi connectivity index (χ0n) is 10.5. The van der Waals surface area contributed by atoms with E-state index in [1.807, 2.05) is 30.3 Å². The molecule has 0 atom stereocenters. The van der Waals surface area contributed by atoms with Gasteiger partial charge in [0, 0.05) is 15.5 Å². The van der Waals surface area contributed by atoms with Gasteiger partial charge in [0.25, 0.3) is 5.91 Å². The van der Waals surface area contributed by atoms with Gasteiger partial charge in [-0.1, -0.05) is 29.5 Å². The first-order chi connectivity index (χ1) is 9.17. The van der Waals surface area contributed by atoms with Gasteiger partial charge in [-0.15, -0.1) is 0 Å².